The molecular weight excluding hydrogens is 304 g/mol. The molecule has 1 unspecified atom stereocenters. The first-order valence-electron chi connectivity index (χ1n) is 5.26. The highest BCUT2D eigenvalue weighted by molar-refractivity contribution is 7.94. The van der Waals surface area contributed by atoms with Crippen molar-refractivity contribution in [2.75, 3.05) is 6.54 Å². The maximum Gasteiger partial charge on any atom is 0.242 e. The van der Waals surface area contributed by atoms with Crippen LogP contribution in [0.1, 0.15) is 6.92 Å². The van der Waals surface area contributed by atoms with Crippen LogP contribution in [0.25, 0.3) is 0 Å². The molecule has 0 fully saturated rings. The first-order valence-corrected chi connectivity index (χ1v) is 8.23. The fraction of sp³-hybridized carbons (Fsp3) is 0.273. The molecule has 0 saturated carbocycles. The number of aliphatic hydroxyl groups is 1. The van der Waals surface area contributed by atoms with Gasteiger partial charge >= 0.3 is 0 Å². The SMILES string of the molecule is C=CC(=C)S(=O)(=O)NCC(C)(O)NS(=O)(=O)C(=C)C=C. The molecule has 0 rings (SSSR count). The van der Waals surface area contributed by atoms with Crippen molar-refractivity contribution in [1.82, 2.24) is 9.44 Å². The fourth-order valence-corrected chi connectivity index (χ4v) is 2.82. The van der Waals surface area contributed by atoms with Gasteiger partial charge in [0.2, 0.25) is 20.0 Å². The van der Waals surface area contributed by atoms with Crippen LogP contribution in [0.2, 0.25) is 0 Å². The normalized spacial score (nSPS) is 15.1. The lowest BCUT2D eigenvalue weighted by molar-refractivity contribution is 0.0542. The van der Waals surface area contributed by atoms with Gasteiger partial charge in [0.05, 0.1) is 16.4 Å². The van der Waals surface area contributed by atoms with E-state index in [1.54, 1.807) is 0 Å². The molecule has 7 nitrogen and oxygen atoms in total. The van der Waals surface area contributed by atoms with Crippen LogP contribution in [0.15, 0.2) is 48.3 Å². The average molecular weight is 322 g/mol. The molecule has 0 amide bonds. The summed E-state index contributed by atoms with van der Waals surface area (Å²) >= 11 is 0. The molecule has 0 aliphatic carbocycles. The summed E-state index contributed by atoms with van der Waals surface area (Å²) in [6.07, 6.45) is 2.00. The molecule has 0 radical (unpaired) electrons. The van der Waals surface area contributed by atoms with E-state index in [9.17, 15) is 21.9 Å². The third-order valence-corrected chi connectivity index (χ3v) is 5.05. The minimum atomic E-state index is -4.05. The van der Waals surface area contributed by atoms with Gasteiger partial charge in [-0.3, -0.25) is 0 Å². The maximum absolute atomic E-state index is 11.6. The maximum atomic E-state index is 11.6. The van der Waals surface area contributed by atoms with Crippen molar-refractivity contribution < 1.29 is 21.9 Å². The van der Waals surface area contributed by atoms with Gasteiger partial charge < -0.3 is 5.11 Å². The van der Waals surface area contributed by atoms with Gasteiger partial charge in [0.1, 0.15) is 5.72 Å². The number of nitrogens with one attached hydrogen (secondary N) is 2. The van der Waals surface area contributed by atoms with Crippen LogP contribution in [0.3, 0.4) is 0 Å². The van der Waals surface area contributed by atoms with Crippen LogP contribution >= 0.6 is 0 Å². The fourth-order valence-electron chi connectivity index (χ4n) is 0.939. The first-order chi connectivity index (χ1) is 8.88. The van der Waals surface area contributed by atoms with Gasteiger partial charge in [-0.05, 0) is 19.1 Å². The van der Waals surface area contributed by atoms with Gasteiger partial charge in [-0.2, -0.15) is 4.72 Å². The van der Waals surface area contributed by atoms with Crippen LogP contribution in [0.5, 0.6) is 0 Å². The summed E-state index contributed by atoms with van der Waals surface area (Å²) < 4.78 is 50.3. The molecular formula is C11H18N2O5S2. The van der Waals surface area contributed by atoms with E-state index in [-0.39, 0.29) is 9.81 Å². The number of allylic oxidation sites excluding steroid dienone is 2. The largest absolute Gasteiger partial charge is 0.374 e. The molecule has 0 saturated heterocycles. The summed E-state index contributed by atoms with van der Waals surface area (Å²) in [6.45, 7) is 13.4. The number of hydrogen-bond donors (Lipinski definition) is 3. The van der Waals surface area contributed by atoms with E-state index >= 15 is 0 Å². The summed E-state index contributed by atoms with van der Waals surface area (Å²) in [4.78, 5) is -0.650. The Bertz CT molecular complexity index is 630. The molecule has 9 heteroatoms. The van der Waals surface area contributed by atoms with Crippen molar-refractivity contribution in [2.45, 2.75) is 12.6 Å². The molecule has 0 aliphatic heterocycles. The summed E-state index contributed by atoms with van der Waals surface area (Å²) in [5, 5.41) is 9.86. The highest BCUT2D eigenvalue weighted by atomic mass is 32.2. The summed E-state index contributed by atoms with van der Waals surface area (Å²) in [5.74, 6) is 0. The minimum Gasteiger partial charge on any atom is -0.374 e. The Morgan fingerprint density at radius 3 is 1.90 bits per heavy atom. The Hall–Kier alpha value is -1.26. The number of hydrogen-bond acceptors (Lipinski definition) is 5. The Labute approximate surface area is 119 Å². The van der Waals surface area contributed by atoms with Crippen molar-refractivity contribution in [2.24, 2.45) is 0 Å². The smallest absolute Gasteiger partial charge is 0.242 e. The summed E-state index contributed by atoms with van der Waals surface area (Å²) in [5.41, 5.74) is -2.06. The second kappa shape index (κ2) is 6.46. The molecule has 0 aliphatic rings. The molecule has 3 N–H and O–H groups in total. The Morgan fingerprint density at radius 1 is 1.10 bits per heavy atom. The summed E-state index contributed by atoms with van der Waals surface area (Å²) in [6, 6.07) is 0. The van der Waals surface area contributed by atoms with E-state index in [4.69, 9.17) is 0 Å². The standard InChI is InChI=1S/C11H18N2O5S2/c1-6-9(3)19(15,16)12-8-11(5,14)13-20(17,18)10(4)7-2/h6-7,12-14H,1-4,8H2,5H3. The topological polar surface area (TPSA) is 113 Å². The van der Waals surface area contributed by atoms with Crippen LogP contribution in [0.4, 0.5) is 0 Å². The Balaban J connectivity index is 4.96. The van der Waals surface area contributed by atoms with Crippen molar-refractivity contribution >= 4 is 20.0 Å². The lowest BCUT2D eigenvalue weighted by Gasteiger charge is -2.24. The van der Waals surface area contributed by atoms with E-state index in [0.717, 1.165) is 19.1 Å². The van der Waals surface area contributed by atoms with Crippen molar-refractivity contribution in [3.8, 4) is 0 Å². The highest BCUT2D eigenvalue weighted by Crippen LogP contribution is 2.09. The van der Waals surface area contributed by atoms with Gasteiger partial charge in [-0.1, -0.05) is 26.3 Å². The van der Waals surface area contributed by atoms with Gasteiger partial charge in [0.25, 0.3) is 0 Å². The van der Waals surface area contributed by atoms with Gasteiger partial charge in [-0.25, -0.2) is 21.6 Å². The zero-order chi connectivity index (χ0) is 16.2. The van der Waals surface area contributed by atoms with Crippen molar-refractivity contribution in [3.05, 3.63) is 48.3 Å². The molecule has 20 heavy (non-hydrogen) atoms. The molecule has 0 aromatic carbocycles. The first kappa shape index (κ1) is 18.7. The van der Waals surface area contributed by atoms with Crippen molar-refractivity contribution in [1.29, 1.82) is 0 Å². The van der Waals surface area contributed by atoms with Crippen LogP contribution in [0, 0.1) is 0 Å². The number of sulfonamides is 2. The lowest BCUT2D eigenvalue weighted by atomic mass is 10.3. The molecule has 0 spiro atoms. The lowest BCUT2D eigenvalue weighted by Crippen LogP contribution is -2.53. The predicted octanol–water partition coefficient (Wildman–Crippen LogP) is -0.0669. The average Bonchev–Trinajstić information content (AvgIpc) is 2.33. The third-order valence-electron chi connectivity index (χ3n) is 2.11. The predicted molar refractivity (Wildman–Crippen MR) is 78.3 cm³/mol. The van der Waals surface area contributed by atoms with Gasteiger partial charge in [0.15, 0.2) is 0 Å². The monoisotopic (exact) mass is 322 g/mol. The summed E-state index contributed by atoms with van der Waals surface area (Å²) in [7, 11) is -7.98. The molecule has 1 atom stereocenters. The Kier molecular flexibility index (Phi) is 6.05. The minimum absolute atomic E-state index is 0.299. The van der Waals surface area contributed by atoms with Crippen LogP contribution in [-0.2, 0) is 20.0 Å². The van der Waals surface area contributed by atoms with Gasteiger partial charge in [0, 0.05) is 0 Å². The quantitative estimate of drug-likeness (QED) is 0.406. The van der Waals surface area contributed by atoms with E-state index < -0.39 is 32.3 Å². The zero-order valence-electron chi connectivity index (χ0n) is 11.1. The molecule has 0 bridgehead atoms. The second-order valence-corrected chi connectivity index (χ2v) is 7.60. The van der Waals surface area contributed by atoms with E-state index in [2.05, 4.69) is 26.3 Å². The second-order valence-electron chi connectivity index (χ2n) is 4.04. The molecule has 0 aromatic heterocycles. The van der Waals surface area contributed by atoms with Gasteiger partial charge in [-0.15, -0.1) is 0 Å². The van der Waals surface area contributed by atoms with E-state index in [0.29, 0.717) is 0 Å². The molecule has 0 aromatic rings. The van der Waals surface area contributed by atoms with Crippen LogP contribution < -0.4 is 9.44 Å². The van der Waals surface area contributed by atoms with Crippen molar-refractivity contribution in [3.63, 3.8) is 0 Å². The van der Waals surface area contributed by atoms with E-state index in [1.165, 1.54) is 0 Å². The highest BCUT2D eigenvalue weighted by Gasteiger charge is 2.29. The Morgan fingerprint density at radius 2 is 1.50 bits per heavy atom. The molecule has 0 heterocycles. The third kappa shape index (κ3) is 5.39. The van der Waals surface area contributed by atoms with Crippen LogP contribution in [-0.4, -0.2) is 34.2 Å². The zero-order valence-corrected chi connectivity index (χ0v) is 12.7. The molecule has 114 valence electrons. The van der Waals surface area contributed by atoms with E-state index in [1.807, 2.05) is 9.44 Å². The number of rotatable bonds is 9.